The molecule has 5 nitrogen and oxygen atoms in total. The smallest absolute Gasteiger partial charge is 0.320 e. The molecule has 1 atom stereocenters. The number of hydrogen-bond donors (Lipinski definition) is 2. The van der Waals surface area contributed by atoms with Gasteiger partial charge < -0.3 is 10.4 Å². The Labute approximate surface area is 125 Å². The van der Waals surface area contributed by atoms with Crippen LogP contribution in [-0.2, 0) is 9.59 Å². The molecule has 1 fully saturated rings. The topological polar surface area (TPSA) is 69.6 Å². The van der Waals surface area contributed by atoms with Crippen LogP contribution in [0.2, 0.25) is 0 Å². The van der Waals surface area contributed by atoms with E-state index in [-0.39, 0.29) is 12.5 Å². The molecule has 114 valence electrons. The molecule has 0 saturated carbocycles. The van der Waals surface area contributed by atoms with E-state index >= 15 is 0 Å². The van der Waals surface area contributed by atoms with Crippen LogP contribution < -0.4 is 5.32 Å². The van der Waals surface area contributed by atoms with E-state index in [9.17, 15) is 9.59 Å². The minimum Gasteiger partial charge on any atom is -0.480 e. The normalized spacial score (nSPS) is 18.9. The molecule has 1 amide bonds. The summed E-state index contributed by atoms with van der Waals surface area (Å²) in [7, 11) is 0. The Morgan fingerprint density at radius 1 is 1.38 bits per heavy atom. The first-order valence-corrected chi connectivity index (χ1v) is 7.34. The number of hydrogen-bond acceptors (Lipinski definition) is 3. The van der Waals surface area contributed by atoms with Crippen molar-refractivity contribution < 1.29 is 14.7 Å². The van der Waals surface area contributed by atoms with Crippen molar-refractivity contribution in [2.75, 3.05) is 18.4 Å². The standard InChI is InChI=1S/C16H22N2O3/c1-11(2)12-6-3-4-7-13(12)17-15(19)10-18-9-5-8-14(18)16(20)21/h3-4,6-7,11,14H,5,8-10H2,1-2H3,(H,17,19)(H,20,21)/t14-/m1/s1. The van der Waals surface area contributed by atoms with E-state index in [1.54, 1.807) is 4.90 Å². The number of carboxylic acid groups (broad SMARTS) is 1. The van der Waals surface area contributed by atoms with E-state index in [1.807, 2.05) is 24.3 Å². The Kier molecular flexibility index (Phi) is 4.96. The molecule has 2 rings (SSSR count). The molecule has 0 unspecified atom stereocenters. The van der Waals surface area contributed by atoms with E-state index in [4.69, 9.17) is 5.11 Å². The van der Waals surface area contributed by atoms with Crippen LogP contribution >= 0.6 is 0 Å². The van der Waals surface area contributed by atoms with E-state index < -0.39 is 12.0 Å². The molecule has 1 aliphatic rings. The number of carbonyl (C=O) groups is 2. The maximum Gasteiger partial charge on any atom is 0.320 e. The predicted octanol–water partition coefficient (Wildman–Crippen LogP) is 2.30. The second kappa shape index (κ2) is 6.72. The predicted molar refractivity (Wildman–Crippen MR) is 81.4 cm³/mol. The molecule has 0 aromatic heterocycles. The summed E-state index contributed by atoms with van der Waals surface area (Å²) in [5.74, 6) is -0.681. The van der Waals surface area contributed by atoms with Gasteiger partial charge in [-0.25, -0.2) is 0 Å². The van der Waals surface area contributed by atoms with Crippen LogP contribution in [0.15, 0.2) is 24.3 Å². The van der Waals surface area contributed by atoms with Crippen molar-refractivity contribution in [1.29, 1.82) is 0 Å². The molecule has 1 heterocycles. The number of aliphatic carboxylic acids is 1. The third kappa shape index (κ3) is 3.82. The molecule has 0 bridgehead atoms. The lowest BCUT2D eigenvalue weighted by Crippen LogP contribution is -2.41. The number of amides is 1. The summed E-state index contributed by atoms with van der Waals surface area (Å²) in [6, 6.07) is 7.18. The quantitative estimate of drug-likeness (QED) is 0.873. The van der Waals surface area contributed by atoms with Crippen LogP contribution in [-0.4, -0.2) is 41.0 Å². The van der Waals surface area contributed by atoms with Crippen molar-refractivity contribution in [3.63, 3.8) is 0 Å². The van der Waals surface area contributed by atoms with Crippen molar-refractivity contribution in [3.8, 4) is 0 Å². The molecule has 1 saturated heterocycles. The number of carboxylic acids is 1. The van der Waals surface area contributed by atoms with Crippen molar-refractivity contribution in [1.82, 2.24) is 4.90 Å². The molecule has 1 aromatic rings. The van der Waals surface area contributed by atoms with E-state index in [1.165, 1.54) is 0 Å². The van der Waals surface area contributed by atoms with E-state index in [2.05, 4.69) is 19.2 Å². The summed E-state index contributed by atoms with van der Waals surface area (Å²) in [4.78, 5) is 25.0. The summed E-state index contributed by atoms with van der Waals surface area (Å²) < 4.78 is 0. The summed E-state index contributed by atoms with van der Waals surface area (Å²) in [6.45, 7) is 4.94. The van der Waals surface area contributed by atoms with Gasteiger partial charge in [0.2, 0.25) is 5.91 Å². The molecular weight excluding hydrogens is 268 g/mol. The van der Waals surface area contributed by atoms with Crippen molar-refractivity contribution >= 4 is 17.6 Å². The van der Waals surface area contributed by atoms with Crippen molar-refractivity contribution in [2.45, 2.75) is 38.6 Å². The Hall–Kier alpha value is -1.88. The highest BCUT2D eigenvalue weighted by Crippen LogP contribution is 2.24. The van der Waals surface area contributed by atoms with E-state index in [0.717, 1.165) is 17.7 Å². The zero-order valence-electron chi connectivity index (χ0n) is 12.5. The van der Waals surface area contributed by atoms with Gasteiger partial charge in [-0.2, -0.15) is 0 Å². The highest BCUT2D eigenvalue weighted by atomic mass is 16.4. The molecule has 0 aliphatic carbocycles. The lowest BCUT2D eigenvalue weighted by Gasteiger charge is -2.21. The fraction of sp³-hybridized carbons (Fsp3) is 0.500. The summed E-state index contributed by atoms with van der Waals surface area (Å²) in [5.41, 5.74) is 1.89. The zero-order chi connectivity index (χ0) is 15.4. The number of para-hydroxylation sites is 1. The Balaban J connectivity index is 2.01. The third-order valence-electron chi connectivity index (χ3n) is 3.85. The monoisotopic (exact) mass is 290 g/mol. The van der Waals surface area contributed by atoms with Crippen LogP contribution in [0.25, 0.3) is 0 Å². The van der Waals surface area contributed by atoms with Gasteiger partial charge in [-0.05, 0) is 36.9 Å². The molecule has 21 heavy (non-hydrogen) atoms. The molecule has 1 aliphatic heterocycles. The minimum atomic E-state index is -0.845. The highest BCUT2D eigenvalue weighted by Gasteiger charge is 2.31. The van der Waals surface area contributed by atoms with Crippen LogP contribution in [0.5, 0.6) is 0 Å². The van der Waals surface area contributed by atoms with Gasteiger partial charge >= 0.3 is 5.97 Å². The number of carbonyl (C=O) groups excluding carboxylic acids is 1. The second-order valence-corrected chi connectivity index (χ2v) is 5.76. The largest absolute Gasteiger partial charge is 0.480 e. The Morgan fingerprint density at radius 3 is 2.76 bits per heavy atom. The molecule has 1 aromatic carbocycles. The number of nitrogens with zero attached hydrogens (tertiary/aromatic N) is 1. The summed E-state index contributed by atoms with van der Waals surface area (Å²) in [6.07, 6.45) is 1.44. The molecule has 0 spiro atoms. The highest BCUT2D eigenvalue weighted by molar-refractivity contribution is 5.93. The average Bonchev–Trinajstić information content (AvgIpc) is 2.87. The first-order chi connectivity index (χ1) is 9.99. The number of likely N-dealkylation sites (tertiary alicyclic amines) is 1. The number of nitrogens with one attached hydrogen (secondary N) is 1. The van der Waals surface area contributed by atoms with Gasteiger partial charge in [-0.1, -0.05) is 32.0 Å². The fourth-order valence-corrected chi connectivity index (χ4v) is 2.78. The number of benzene rings is 1. The number of rotatable bonds is 5. The van der Waals surface area contributed by atoms with Gasteiger partial charge in [-0.15, -0.1) is 0 Å². The van der Waals surface area contributed by atoms with Crippen LogP contribution in [0, 0.1) is 0 Å². The van der Waals surface area contributed by atoms with Gasteiger partial charge in [0.1, 0.15) is 6.04 Å². The third-order valence-corrected chi connectivity index (χ3v) is 3.85. The zero-order valence-corrected chi connectivity index (χ0v) is 12.5. The summed E-state index contributed by atoms with van der Waals surface area (Å²) in [5, 5.41) is 12.0. The Bertz CT molecular complexity index is 528. The average molecular weight is 290 g/mol. The van der Waals surface area contributed by atoms with E-state index in [0.29, 0.717) is 18.9 Å². The lowest BCUT2D eigenvalue weighted by atomic mass is 10.0. The molecule has 5 heteroatoms. The molecule has 2 N–H and O–H groups in total. The molecular formula is C16H22N2O3. The van der Waals surface area contributed by atoms with Gasteiger partial charge in [0.05, 0.1) is 6.54 Å². The fourth-order valence-electron chi connectivity index (χ4n) is 2.78. The van der Waals surface area contributed by atoms with Crippen molar-refractivity contribution in [3.05, 3.63) is 29.8 Å². The first-order valence-electron chi connectivity index (χ1n) is 7.34. The van der Waals surface area contributed by atoms with Crippen LogP contribution in [0.1, 0.15) is 38.2 Å². The van der Waals surface area contributed by atoms with Gasteiger partial charge in [0, 0.05) is 5.69 Å². The maximum atomic E-state index is 12.2. The lowest BCUT2D eigenvalue weighted by molar-refractivity contribution is -0.142. The minimum absolute atomic E-state index is 0.128. The summed E-state index contributed by atoms with van der Waals surface area (Å²) >= 11 is 0. The first kappa shape index (κ1) is 15.5. The number of anilines is 1. The van der Waals surface area contributed by atoms with Crippen molar-refractivity contribution in [2.24, 2.45) is 0 Å². The Morgan fingerprint density at radius 2 is 2.10 bits per heavy atom. The maximum absolute atomic E-state index is 12.2. The second-order valence-electron chi connectivity index (χ2n) is 5.76. The van der Waals surface area contributed by atoms with Gasteiger partial charge in [-0.3, -0.25) is 14.5 Å². The van der Waals surface area contributed by atoms with Crippen LogP contribution in [0.4, 0.5) is 5.69 Å². The molecule has 0 radical (unpaired) electrons. The SMILES string of the molecule is CC(C)c1ccccc1NC(=O)CN1CCC[C@@H]1C(=O)O. The van der Waals surface area contributed by atoms with Crippen LogP contribution in [0.3, 0.4) is 0 Å². The van der Waals surface area contributed by atoms with Gasteiger partial charge in [0.15, 0.2) is 0 Å². The van der Waals surface area contributed by atoms with Gasteiger partial charge in [0.25, 0.3) is 0 Å².